The number of benzene rings is 2. The minimum absolute atomic E-state index is 0.0609. The van der Waals surface area contributed by atoms with E-state index in [4.69, 9.17) is 4.74 Å². The third-order valence-corrected chi connectivity index (χ3v) is 5.76. The number of esters is 1. The van der Waals surface area contributed by atoms with Gasteiger partial charge in [0, 0.05) is 29.9 Å². The van der Waals surface area contributed by atoms with Crippen molar-refractivity contribution in [2.45, 2.75) is 34.2 Å². The average molecular weight is 421 g/mol. The molecule has 0 aliphatic carbocycles. The van der Waals surface area contributed by atoms with Gasteiger partial charge in [0.05, 0.1) is 13.7 Å². The lowest BCUT2D eigenvalue weighted by Crippen LogP contribution is -2.36. The van der Waals surface area contributed by atoms with E-state index >= 15 is 0 Å². The molecule has 6 heteroatoms. The molecule has 0 spiro atoms. The number of hydrogen-bond donors (Lipinski definition) is 0. The van der Waals surface area contributed by atoms with E-state index in [0.29, 0.717) is 41.2 Å². The number of nitrogens with zero attached hydrogens (tertiary/aromatic N) is 2. The normalized spacial score (nSPS) is 10.9. The number of rotatable bonds is 7. The van der Waals surface area contributed by atoms with Crippen LogP contribution in [0.5, 0.6) is 0 Å². The van der Waals surface area contributed by atoms with Crippen molar-refractivity contribution >= 4 is 28.4 Å². The molecule has 3 aromatic rings. The highest BCUT2D eigenvalue weighted by Crippen LogP contribution is 2.25. The zero-order valence-electron chi connectivity index (χ0n) is 18.7. The van der Waals surface area contributed by atoms with Gasteiger partial charge in [0.2, 0.25) is 0 Å². The van der Waals surface area contributed by atoms with Crippen LogP contribution in [-0.2, 0) is 11.3 Å². The number of hydrogen-bond acceptors (Lipinski definition) is 4. The molecule has 1 heterocycles. The predicted octanol–water partition coefficient (Wildman–Crippen LogP) is 4.41. The van der Waals surface area contributed by atoms with Crippen molar-refractivity contribution in [3.05, 3.63) is 70.5 Å². The molecule has 1 amide bonds. The van der Waals surface area contributed by atoms with Crippen LogP contribution in [0.15, 0.2) is 42.5 Å². The molecule has 2 aromatic carbocycles. The maximum Gasteiger partial charge on any atom is 0.354 e. The van der Waals surface area contributed by atoms with E-state index < -0.39 is 5.97 Å². The molecule has 0 fully saturated rings. The number of fused-ring (bicyclic) bond motifs is 1. The van der Waals surface area contributed by atoms with Gasteiger partial charge in [-0.2, -0.15) is 0 Å². The van der Waals surface area contributed by atoms with E-state index in [1.54, 1.807) is 22.5 Å². The maximum atomic E-state index is 13.3. The van der Waals surface area contributed by atoms with E-state index in [0.717, 1.165) is 10.8 Å². The summed E-state index contributed by atoms with van der Waals surface area (Å²) in [6.45, 7) is 8.21. The van der Waals surface area contributed by atoms with Crippen molar-refractivity contribution in [3.8, 4) is 0 Å². The Kier molecular flexibility index (Phi) is 6.59. The number of ether oxygens (including phenoxy) is 1. The number of aromatic nitrogens is 1. The van der Waals surface area contributed by atoms with E-state index in [1.807, 2.05) is 57.2 Å². The van der Waals surface area contributed by atoms with Gasteiger partial charge in [0.25, 0.3) is 5.91 Å². The lowest BCUT2D eigenvalue weighted by atomic mass is 10.0. The molecule has 1 aromatic heterocycles. The maximum absolute atomic E-state index is 13.3. The number of carbonyl (C=O) groups excluding carboxylic acids is 3. The minimum Gasteiger partial charge on any atom is -0.464 e. The van der Waals surface area contributed by atoms with Crippen molar-refractivity contribution in [1.29, 1.82) is 0 Å². The van der Waals surface area contributed by atoms with Crippen LogP contribution in [0.25, 0.3) is 10.8 Å². The van der Waals surface area contributed by atoms with Gasteiger partial charge in [0.1, 0.15) is 5.69 Å². The van der Waals surface area contributed by atoms with Gasteiger partial charge in [-0.05, 0) is 50.1 Å². The van der Waals surface area contributed by atoms with E-state index in [2.05, 4.69) is 0 Å². The first-order valence-electron chi connectivity index (χ1n) is 10.4. The Morgan fingerprint density at radius 2 is 1.68 bits per heavy atom. The molecule has 0 bridgehead atoms. The second-order valence-electron chi connectivity index (χ2n) is 7.44. The van der Waals surface area contributed by atoms with Crippen molar-refractivity contribution in [2.75, 3.05) is 20.2 Å². The molecular weight excluding hydrogens is 392 g/mol. The van der Waals surface area contributed by atoms with Gasteiger partial charge < -0.3 is 14.2 Å². The van der Waals surface area contributed by atoms with Crippen LogP contribution in [0.4, 0.5) is 0 Å². The largest absolute Gasteiger partial charge is 0.464 e. The van der Waals surface area contributed by atoms with Crippen molar-refractivity contribution in [3.63, 3.8) is 0 Å². The van der Waals surface area contributed by atoms with Gasteiger partial charge >= 0.3 is 5.97 Å². The summed E-state index contributed by atoms with van der Waals surface area (Å²) in [6, 6.07) is 13.3. The van der Waals surface area contributed by atoms with E-state index in [-0.39, 0.29) is 18.2 Å². The first kappa shape index (κ1) is 22.3. The van der Waals surface area contributed by atoms with Crippen LogP contribution in [0.3, 0.4) is 0 Å². The fourth-order valence-corrected chi connectivity index (χ4v) is 4.22. The quantitative estimate of drug-likeness (QED) is 0.419. The zero-order chi connectivity index (χ0) is 22.7. The third kappa shape index (κ3) is 3.98. The molecule has 0 radical (unpaired) electrons. The predicted molar refractivity (Wildman–Crippen MR) is 121 cm³/mol. The molecule has 0 atom stereocenters. The molecule has 0 aliphatic rings. The van der Waals surface area contributed by atoms with E-state index in [9.17, 15) is 14.4 Å². The smallest absolute Gasteiger partial charge is 0.354 e. The van der Waals surface area contributed by atoms with Gasteiger partial charge in [0.15, 0.2) is 5.78 Å². The van der Waals surface area contributed by atoms with Crippen LogP contribution in [0.1, 0.15) is 56.3 Å². The Morgan fingerprint density at radius 1 is 1.00 bits per heavy atom. The van der Waals surface area contributed by atoms with Gasteiger partial charge in [-0.15, -0.1) is 0 Å². The molecule has 31 heavy (non-hydrogen) atoms. The second kappa shape index (κ2) is 9.16. The highest BCUT2D eigenvalue weighted by atomic mass is 16.5. The van der Waals surface area contributed by atoms with Gasteiger partial charge in [-0.25, -0.2) is 4.79 Å². The lowest BCUT2D eigenvalue weighted by Gasteiger charge is -2.21. The van der Waals surface area contributed by atoms with Crippen LogP contribution in [0.2, 0.25) is 0 Å². The number of likely N-dealkylation sites (N-methyl/N-ethyl adjacent to an activating group) is 1. The summed E-state index contributed by atoms with van der Waals surface area (Å²) >= 11 is 0. The number of methoxy groups -OCH3 is 1. The van der Waals surface area contributed by atoms with Gasteiger partial charge in [-0.1, -0.05) is 36.4 Å². The van der Waals surface area contributed by atoms with Crippen molar-refractivity contribution in [2.24, 2.45) is 0 Å². The summed E-state index contributed by atoms with van der Waals surface area (Å²) in [4.78, 5) is 40.4. The topological polar surface area (TPSA) is 68.6 Å². The molecule has 0 aliphatic heterocycles. The Hall–Kier alpha value is -3.41. The summed E-state index contributed by atoms with van der Waals surface area (Å²) in [5.74, 6) is -0.852. The average Bonchev–Trinajstić information content (AvgIpc) is 3.05. The first-order chi connectivity index (χ1) is 14.8. The summed E-state index contributed by atoms with van der Waals surface area (Å²) in [7, 11) is 1.33. The summed E-state index contributed by atoms with van der Waals surface area (Å²) in [6.07, 6.45) is 0. The van der Waals surface area contributed by atoms with Crippen LogP contribution in [-0.4, -0.2) is 47.3 Å². The Labute approximate surface area is 182 Å². The fraction of sp³-hybridized carbons (Fsp3) is 0.320. The van der Waals surface area contributed by atoms with Crippen LogP contribution < -0.4 is 0 Å². The van der Waals surface area contributed by atoms with E-state index in [1.165, 1.54) is 7.11 Å². The van der Waals surface area contributed by atoms with Crippen molar-refractivity contribution in [1.82, 2.24) is 9.47 Å². The molecule has 0 saturated carbocycles. The molecule has 0 unspecified atom stereocenters. The Morgan fingerprint density at radius 3 is 2.32 bits per heavy atom. The molecule has 6 nitrogen and oxygen atoms in total. The Bertz CT molecular complexity index is 1150. The number of ketones is 1. The zero-order valence-corrected chi connectivity index (χ0v) is 18.7. The number of carbonyl (C=O) groups is 3. The van der Waals surface area contributed by atoms with Crippen LogP contribution >= 0.6 is 0 Å². The minimum atomic E-state index is -0.472. The molecular formula is C25H28N2O4. The molecule has 0 N–H and O–H groups in total. The molecule has 0 saturated heterocycles. The van der Waals surface area contributed by atoms with Crippen molar-refractivity contribution < 1.29 is 19.1 Å². The highest BCUT2D eigenvalue weighted by Gasteiger charge is 2.28. The summed E-state index contributed by atoms with van der Waals surface area (Å²) in [5.41, 5.74) is 2.73. The fourth-order valence-electron chi connectivity index (χ4n) is 4.22. The molecule has 3 rings (SSSR count). The standard InChI is InChI=1S/C25H28N2O4/c1-6-26(24(29)20-14-10-12-18-11-8-9-13-19(18)20)15-21(28)22-16(3)23(25(30)31-5)27(7-2)17(22)4/h8-14H,6-7,15H2,1-5H3. The third-order valence-electron chi connectivity index (χ3n) is 5.76. The first-order valence-corrected chi connectivity index (χ1v) is 10.4. The molecule has 162 valence electrons. The second-order valence-corrected chi connectivity index (χ2v) is 7.44. The highest BCUT2D eigenvalue weighted by molar-refractivity contribution is 6.10. The number of amides is 1. The number of Topliss-reactive ketones (excluding diaryl/α,β-unsaturated/α-hetero) is 1. The van der Waals surface area contributed by atoms with Gasteiger partial charge in [-0.3, -0.25) is 9.59 Å². The SMILES string of the molecule is CCN(CC(=O)c1c(C)c(C(=O)OC)n(CC)c1C)C(=O)c1cccc2ccccc12. The summed E-state index contributed by atoms with van der Waals surface area (Å²) in [5, 5.41) is 1.84. The monoisotopic (exact) mass is 420 g/mol. The summed E-state index contributed by atoms with van der Waals surface area (Å²) < 4.78 is 6.70. The van der Waals surface area contributed by atoms with Crippen LogP contribution in [0, 0.1) is 13.8 Å². The lowest BCUT2D eigenvalue weighted by molar-refractivity contribution is 0.0587. The Balaban J connectivity index is 1.96.